The van der Waals surface area contributed by atoms with Crippen molar-refractivity contribution in [3.05, 3.63) is 84.1 Å². The van der Waals surface area contributed by atoms with Crippen molar-refractivity contribution in [2.45, 2.75) is 39.5 Å². The Morgan fingerprint density at radius 1 is 0.935 bits per heavy atom. The Morgan fingerprint density at radius 2 is 1.65 bits per heavy atom. The minimum absolute atomic E-state index is 0.142. The first-order valence-corrected chi connectivity index (χ1v) is 10.6. The molecule has 3 aromatic carbocycles. The van der Waals surface area contributed by atoms with Gasteiger partial charge >= 0.3 is 6.03 Å². The molecule has 4 aromatic rings. The molecule has 0 aliphatic heterocycles. The van der Waals surface area contributed by atoms with Crippen molar-refractivity contribution in [3.63, 3.8) is 0 Å². The van der Waals surface area contributed by atoms with Crippen LogP contribution in [0.25, 0.3) is 16.5 Å². The third-order valence-electron chi connectivity index (χ3n) is 5.35. The summed E-state index contributed by atoms with van der Waals surface area (Å²) in [6.45, 7) is 8.46. The smallest absolute Gasteiger partial charge is 0.307 e. The van der Waals surface area contributed by atoms with E-state index in [1.807, 2.05) is 60.7 Å². The SMILES string of the molecule is CCc1ccc(-n2nc(C(C)(C)C)cc2NC(=O)Nc2cccc3ccccc23)cc1. The highest BCUT2D eigenvalue weighted by molar-refractivity contribution is 6.06. The number of aryl methyl sites for hydroxylation is 1. The van der Waals surface area contributed by atoms with Gasteiger partial charge in [-0.15, -0.1) is 0 Å². The number of anilines is 2. The molecule has 0 saturated heterocycles. The van der Waals surface area contributed by atoms with Crippen molar-refractivity contribution in [3.8, 4) is 5.69 Å². The van der Waals surface area contributed by atoms with Gasteiger partial charge in [0.2, 0.25) is 0 Å². The summed E-state index contributed by atoms with van der Waals surface area (Å²) in [5.41, 5.74) is 3.71. The van der Waals surface area contributed by atoms with Gasteiger partial charge in [-0.2, -0.15) is 5.10 Å². The third-order valence-corrected chi connectivity index (χ3v) is 5.35. The van der Waals surface area contributed by atoms with Crippen molar-refractivity contribution >= 4 is 28.3 Å². The lowest BCUT2D eigenvalue weighted by Crippen LogP contribution is -2.21. The first-order chi connectivity index (χ1) is 14.8. The summed E-state index contributed by atoms with van der Waals surface area (Å²) >= 11 is 0. The van der Waals surface area contributed by atoms with Crippen molar-refractivity contribution in [1.29, 1.82) is 0 Å². The lowest BCUT2D eigenvalue weighted by atomic mass is 9.92. The highest BCUT2D eigenvalue weighted by atomic mass is 16.2. The summed E-state index contributed by atoms with van der Waals surface area (Å²) in [6.07, 6.45) is 0.977. The van der Waals surface area contributed by atoms with E-state index in [9.17, 15) is 4.79 Å². The number of benzene rings is 3. The maximum absolute atomic E-state index is 12.9. The summed E-state index contributed by atoms with van der Waals surface area (Å²) in [4.78, 5) is 12.9. The predicted octanol–water partition coefficient (Wildman–Crippen LogP) is 6.53. The second-order valence-electron chi connectivity index (χ2n) is 8.70. The maximum atomic E-state index is 12.9. The molecule has 4 rings (SSSR count). The number of hydrogen-bond donors (Lipinski definition) is 2. The Balaban J connectivity index is 1.64. The summed E-state index contributed by atoms with van der Waals surface area (Å²) in [6, 6.07) is 23.8. The molecule has 2 N–H and O–H groups in total. The quantitative estimate of drug-likeness (QED) is 0.400. The third kappa shape index (κ3) is 4.45. The fraction of sp³-hybridized carbons (Fsp3) is 0.231. The van der Waals surface area contributed by atoms with Crippen molar-refractivity contribution in [2.24, 2.45) is 0 Å². The van der Waals surface area contributed by atoms with Crippen LogP contribution < -0.4 is 10.6 Å². The highest BCUT2D eigenvalue weighted by Crippen LogP contribution is 2.27. The standard InChI is InChI=1S/C26H28N4O/c1-5-18-13-15-20(16-14-18)30-24(17-23(29-30)26(2,3)4)28-25(31)27-22-12-8-10-19-9-6-7-11-21(19)22/h6-17H,5H2,1-4H3,(H2,27,28,31). The van der Waals surface area contributed by atoms with Crippen LogP contribution in [-0.2, 0) is 11.8 Å². The molecule has 2 amide bonds. The lowest BCUT2D eigenvalue weighted by molar-refractivity contribution is 0.262. The number of nitrogens with zero attached hydrogens (tertiary/aromatic N) is 2. The van der Waals surface area contributed by atoms with Gasteiger partial charge in [-0.1, -0.05) is 76.2 Å². The van der Waals surface area contributed by atoms with Crippen LogP contribution in [0.1, 0.15) is 39.0 Å². The number of carbonyl (C=O) groups is 1. The Morgan fingerprint density at radius 3 is 2.35 bits per heavy atom. The minimum Gasteiger partial charge on any atom is -0.307 e. The van der Waals surface area contributed by atoms with Crippen LogP contribution in [0.3, 0.4) is 0 Å². The fourth-order valence-corrected chi connectivity index (χ4v) is 3.51. The molecular formula is C26H28N4O. The van der Waals surface area contributed by atoms with E-state index >= 15 is 0 Å². The molecule has 0 bridgehead atoms. The van der Waals surface area contributed by atoms with Crippen LogP contribution in [0.15, 0.2) is 72.8 Å². The molecule has 0 fully saturated rings. The monoisotopic (exact) mass is 412 g/mol. The van der Waals surface area contributed by atoms with E-state index in [0.29, 0.717) is 5.82 Å². The fourth-order valence-electron chi connectivity index (χ4n) is 3.51. The van der Waals surface area contributed by atoms with Crippen molar-refractivity contribution in [1.82, 2.24) is 9.78 Å². The topological polar surface area (TPSA) is 59.0 Å². The van der Waals surface area contributed by atoms with E-state index in [2.05, 4.69) is 50.5 Å². The number of carbonyl (C=O) groups excluding carboxylic acids is 1. The van der Waals surface area contributed by atoms with Crippen LogP contribution in [0, 0.1) is 0 Å². The van der Waals surface area contributed by atoms with E-state index in [-0.39, 0.29) is 11.4 Å². The highest BCUT2D eigenvalue weighted by Gasteiger charge is 2.21. The van der Waals surface area contributed by atoms with Crippen molar-refractivity contribution in [2.75, 3.05) is 10.6 Å². The summed E-state index contributed by atoms with van der Waals surface area (Å²) in [7, 11) is 0. The zero-order chi connectivity index (χ0) is 22.0. The zero-order valence-corrected chi connectivity index (χ0v) is 18.4. The van der Waals surface area contributed by atoms with Gasteiger partial charge in [-0.05, 0) is 35.6 Å². The first-order valence-electron chi connectivity index (χ1n) is 10.6. The molecule has 31 heavy (non-hydrogen) atoms. The second-order valence-corrected chi connectivity index (χ2v) is 8.70. The number of hydrogen-bond acceptors (Lipinski definition) is 2. The van der Waals surface area contributed by atoms with Crippen LogP contribution in [0.4, 0.5) is 16.3 Å². The van der Waals surface area contributed by atoms with Gasteiger partial charge in [0.25, 0.3) is 0 Å². The number of urea groups is 1. The maximum Gasteiger partial charge on any atom is 0.324 e. The van der Waals surface area contributed by atoms with Crippen molar-refractivity contribution < 1.29 is 4.79 Å². The lowest BCUT2D eigenvalue weighted by Gasteiger charge is -2.14. The summed E-state index contributed by atoms with van der Waals surface area (Å²) < 4.78 is 1.79. The average molecular weight is 413 g/mol. The molecule has 0 unspecified atom stereocenters. The van der Waals surface area contributed by atoms with E-state index in [0.717, 1.165) is 34.3 Å². The summed E-state index contributed by atoms with van der Waals surface area (Å²) in [5, 5.41) is 12.9. The molecule has 1 aromatic heterocycles. The van der Waals surface area contributed by atoms with E-state index in [1.165, 1.54) is 5.56 Å². The van der Waals surface area contributed by atoms with Crippen LogP contribution >= 0.6 is 0 Å². The Hall–Kier alpha value is -3.60. The van der Waals surface area contributed by atoms with Gasteiger partial charge in [-0.3, -0.25) is 5.32 Å². The Kier molecular flexibility index (Phi) is 5.51. The minimum atomic E-state index is -0.303. The number of aromatic nitrogens is 2. The molecule has 5 heteroatoms. The molecule has 0 atom stereocenters. The van der Waals surface area contributed by atoms with Crippen LogP contribution in [0.2, 0.25) is 0 Å². The van der Waals surface area contributed by atoms with Gasteiger partial charge in [0.15, 0.2) is 0 Å². The molecular weight excluding hydrogens is 384 g/mol. The first kappa shape index (κ1) is 20.7. The largest absolute Gasteiger partial charge is 0.324 e. The van der Waals surface area contributed by atoms with Gasteiger partial charge in [0.05, 0.1) is 17.1 Å². The molecule has 5 nitrogen and oxygen atoms in total. The zero-order valence-electron chi connectivity index (χ0n) is 18.4. The average Bonchev–Trinajstić information content (AvgIpc) is 3.18. The van der Waals surface area contributed by atoms with E-state index < -0.39 is 0 Å². The number of rotatable bonds is 4. The molecule has 0 radical (unpaired) electrons. The van der Waals surface area contributed by atoms with Crippen LogP contribution in [-0.4, -0.2) is 15.8 Å². The number of amides is 2. The molecule has 1 heterocycles. The Bertz CT molecular complexity index is 1210. The predicted molar refractivity (Wildman–Crippen MR) is 128 cm³/mol. The molecule has 0 spiro atoms. The van der Waals surface area contributed by atoms with E-state index in [4.69, 9.17) is 5.10 Å². The van der Waals surface area contributed by atoms with Gasteiger partial charge in [-0.25, -0.2) is 9.48 Å². The van der Waals surface area contributed by atoms with E-state index in [1.54, 1.807) is 4.68 Å². The van der Waals surface area contributed by atoms with Gasteiger partial charge < -0.3 is 5.32 Å². The molecule has 0 aliphatic rings. The molecule has 0 aliphatic carbocycles. The Labute approximate surface area is 183 Å². The van der Waals surface area contributed by atoms with Gasteiger partial charge in [0.1, 0.15) is 5.82 Å². The molecule has 158 valence electrons. The number of nitrogens with one attached hydrogen (secondary N) is 2. The number of fused-ring (bicyclic) bond motifs is 1. The normalized spacial score (nSPS) is 11.5. The van der Waals surface area contributed by atoms with Gasteiger partial charge in [0, 0.05) is 16.9 Å². The molecule has 0 saturated carbocycles. The second kappa shape index (κ2) is 8.26. The summed E-state index contributed by atoms with van der Waals surface area (Å²) in [5.74, 6) is 0.631. The van der Waals surface area contributed by atoms with Crippen LogP contribution in [0.5, 0.6) is 0 Å².